The Kier molecular flexibility index (Phi) is 4.52. The summed E-state index contributed by atoms with van der Waals surface area (Å²) >= 11 is 9.38. The molecule has 0 bridgehead atoms. The van der Waals surface area contributed by atoms with Crippen molar-refractivity contribution < 1.29 is 18.3 Å². The van der Waals surface area contributed by atoms with Gasteiger partial charge in [-0.3, -0.25) is 0 Å². The fourth-order valence-electron chi connectivity index (χ4n) is 2.13. The summed E-state index contributed by atoms with van der Waals surface area (Å²) in [6.07, 6.45) is 1.59. The topological polar surface area (TPSA) is 36.3 Å². The molecule has 1 heterocycles. The van der Waals surface area contributed by atoms with Crippen molar-refractivity contribution in [2.45, 2.75) is 0 Å². The molecule has 0 radical (unpaired) electrons. The second-order valence-electron chi connectivity index (χ2n) is 4.67. The first-order chi connectivity index (χ1) is 11.0. The summed E-state index contributed by atoms with van der Waals surface area (Å²) in [6.45, 7) is -0.194. The van der Waals surface area contributed by atoms with Crippen LogP contribution < -0.4 is 4.74 Å². The van der Waals surface area contributed by atoms with Crippen LogP contribution in [-0.4, -0.2) is 23.7 Å². The normalized spacial score (nSPS) is 11.2. The predicted molar refractivity (Wildman–Crippen MR) is 86.2 cm³/mol. The maximum absolute atomic E-state index is 13.8. The molecule has 0 aliphatic heterocycles. The molecule has 0 saturated heterocycles. The molecule has 0 aliphatic rings. The molecule has 0 amide bonds. The fourth-order valence-corrected chi connectivity index (χ4v) is 2.63. The van der Waals surface area contributed by atoms with Crippen LogP contribution in [0.2, 0.25) is 5.02 Å². The van der Waals surface area contributed by atoms with Crippen molar-refractivity contribution in [3.63, 3.8) is 0 Å². The van der Waals surface area contributed by atoms with Crippen molar-refractivity contribution in [3.05, 3.63) is 51.6 Å². The first-order valence-electron chi connectivity index (χ1n) is 6.45. The lowest BCUT2D eigenvalue weighted by Crippen LogP contribution is -2.05. The van der Waals surface area contributed by atoms with E-state index in [0.29, 0.717) is 20.7 Å². The van der Waals surface area contributed by atoms with Crippen molar-refractivity contribution in [1.29, 1.82) is 0 Å². The summed E-state index contributed by atoms with van der Waals surface area (Å²) in [5.41, 5.74) is 1.00. The number of methoxy groups -OCH3 is 1. The predicted octanol–water partition coefficient (Wildman–Crippen LogP) is 4.70. The smallest absolute Gasteiger partial charge is 0.200 e. The van der Waals surface area contributed by atoms with E-state index in [9.17, 15) is 8.78 Å². The minimum Gasteiger partial charge on any atom is -0.464 e. The quantitative estimate of drug-likeness (QED) is 0.592. The van der Waals surface area contributed by atoms with Gasteiger partial charge < -0.3 is 9.47 Å². The number of rotatable bonds is 4. The summed E-state index contributed by atoms with van der Waals surface area (Å²) in [6, 6.07) is 5.88. The van der Waals surface area contributed by atoms with E-state index in [0.717, 1.165) is 11.5 Å². The average Bonchev–Trinajstić information content (AvgIpc) is 2.92. The van der Waals surface area contributed by atoms with Gasteiger partial charge in [-0.05, 0) is 28.1 Å². The fraction of sp³-hybridized carbons (Fsp3) is 0.133. The Bertz CT molecular complexity index is 886. The highest BCUT2D eigenvalue weighted by molar-refractivity contribution is 9.10. The van der Waals surface area contributed by atoms with Crippen molar-refractivity contribution in [2.24, 2.45) is 0 Å². The first-order valence-corrected chi connectivity index (χ1v) is 7.62. The molecule has 2 aromatic carbocycles. The third-order valence-corrected chi connectivity index (χ3v) is 4.36. The molecule has 0 atom stereocenters. The molecule has 0 spiro atoms. The molecule has 0 aliphatic carbocycles. The molecule has 0 N–H and O–H groups in total. The van der Waals surface area contributed by atoms with E-state index in [2.05, 4.69) is 21.0 Å². The van der Waals surface area contributed by atoms with Crippen LogP contribution in [0.4, 0.5) is 8.78 Å². The second kappa shape index (κ2) is 6.43. The highest BCUT2D eigenvalue weighted by Crippen LogP contribution is 2.31. The van der Waals surface area contributed by atoms with Crippen LogP contribution in [0.15, 0.2) is 34.9 Å². The molecule has 1 aromatic heterocycles. The average molecular weight is 404 g/mol. The third kappa shape index (κ3) is 3.04. The number of aromatic nitrogens is 2. The van der Waals surface area contributed by atoms with Gasteiger partial charge in [-0.2, -0.15) is 9.49 Å². The van der Waals surface area contributed by atoms with Crippen molar-refractivity contribution in [1.82, 2.24) is 9.78 Å². The van der Waals surface area contributed by atoms with E-state index in [1.54, 1.807) is 18.3 Å². The van der Waals surface area contributed by atoms with Crippen molar-refractivity contribution >= 4 is 38.4 Å². The van der Waals surface area contributed by atoms with Crippen LogP contribution in [-0.2, 0) is 4.74 Å². The number of ether oxygens (including phenoxy) is 2. The number of nitrogens with zero attached hydrogens (tertiary/aromatic N) is 2. The minimum absolute atomic E-state index is 0.194. The third-order valence-electron chi connectivity index (χ3n) is 3.17. The largest absolute Gasteiger partial charge is 0.464 e. The van der Waals surface area contributed by atoms with Gasteiger partial charge >= 0.3 is 0 Å². The maximum Gasteiger partial charge on any atom is 0.200 e. The lowest BCUT2D eigenvalue weighted by atomic mass is 10.2. The highest BCUT2D eigenvalue weighted by atomic mass is 79.9. The molecule has 3 aromatic rings. The van der Waals surface area contributed by atoms with E-state index < -0.39 is 11.6 Å². The van der Waals surface area contributed by atoms with Crippen molar-refractivity contribution in [3.8, 4) is 11.4 Å². The molecule has 0 saturated carbocycles. The Labute approximate surface area is 143 Å². The summed E-state index contributed by atoms with van der Waals surface area (Å²) in [5.74, 6) is -2.37. The minimum atomic E-state index is -1.08. The number of fused-ring (bicyclic) bond motifs is 1. The van der Waals surface area contributed by atoms with E-state index in [-0.39, 0.29) is 12.5 Å². The van der Waals surface area contributed by atoms with Gasteiger partial charge in [0.1, 0.15) is 0 Å². The Balaban J connectivity index is 2.15. The Hall–Kier alpha value is -1.70. The van der Waals surface area contributed by atoms with E-state index >= 15 is 0 Å². The van der Waals surface area contributed by atoms with Gasteiger partial charge in [0.25, 0.3) is 0 Å². The van der Waals surface area contributed by atoms with Crippen LogP contribution in [0.25, 0.3) is 16.6 Å². The lowest BCUT2D eigenvalue weighted by Gasteiger charge is -2.10. The van der Waals surface area contributed by atoms with Crippen LogP contribution in [0.3, 0.4) is 0 Å². The summed E-state index contributed by atoms with van der Waals surface area (Å²) in [5, 5.41) is 5.50. The maximum atomic E-state index is 13.8. The van der Waals surface area contributed by atoms with Crippen LogP contribution >= 0.6 is 27.5 Å². The van der Waals surface area contributed by atoms with Gasteiger partial charge in [-0.1, -0.05) is 11.6 Å². The second-order valence-corrected chi connectivity index (χ2v) is 5.93. The Morgan fingerprint density at radius 1 is 1.26 bits per heavy atom. The van der Waals surface area contributed by atoms with Gasteiger partial charge in [0, 0.05) is 29.1 Å². The van der Waals surface area contributed by atoms with Crippen LogP contribution in [0, 0.1) is 11.6 Å². The molecule has 23 heavy (non-hydrogen) atoms. The molecule has 120 valence electrons. The van der Waals surface area contributed by atoms with Gasteiger partial charge in [-0.25, -0.2) is 9.07 Å². The number of benzene rings is 2. The Morgan fingerprint density at radius 2 is 2.04 bits per heavy atom. The van der Waals surface area contributed by atoms with Crippen molar-refractivity contribution in [2.75, 3.05) is 13.9 Å². The molecule has 3 rings (SSSR count). The zero-order chi connectivity index (χ0) is 16.6. The molecule has 4 nitrogen and oxygen atoms in total. The molecule has 0 unspecified atom stereocenters. The lowest BCUT2D eigenvalue weighted by molar-refractivity contribution is 0.0478. The molecule has 8 heteroatoms. The zero-order valence-corrected chi connectivity index (χ0v) is 14.2. The van der Waals surface area contributed by atoms with Gasteiger partial charge in [0.15, 0.2) is 18.4 Å². The zero-order valence-electron chi connectivity index (χ0n) is 11.8. The van der Waals surface area contributed by atoms with E-state index in [1.807, 2.05) is 0 Å². The van der Waals surface area contributed by atoms with E-state index in [1.165, 1.54) is 17.9 Å². The first kappa shape index (κ1) is 16.2. The molecular weight excluding hydrogens is 394 g/mol. The molecule has 0 fully saturated rings. The number of hydrogen-bond donors (Lipinski definition) is 0. The monoisotopic (exact) mass is 402 g/mol. The van der Waals surface area contributed by atoms with Gasteiger partial charge in [-0.15, -0.1) is 0 Å². The summed E-state index contributed by atoms with van der Waals surface area (Å²) < 4.78 is 39.5. The highest BCUT2D eigenvalue weighted by Gasteiger charge is 2.15. The standard InChI is InChI=1S/C15H10BrClF2N2O2/c1-22-7-23-14-4-9(3-12(18)15(14)19)21-13-5-10(16)11(17)2-8(13)6-20-21/h2-6H,7H2,1H3. The van der Waals surface area contributed by atoms with Gasteiger partial charge in [0.05, 0.1) is 22.4 Å². The summed E-state index contributed by atoms with van der Waals surface area (Å²) in [7, 11) is 1.39. The van der Waals surface area contributed by atoms with Crippen LogP contribution in [0.1, 0.15) is 0 Å². The number of hydrogen-bond acceptors (Lipinski definition) is 3. The summed E-state index contributed by atoms with van der Waals surface area (Å²) in [4.78, 5) is 0. The SMILES string of the molecule is COCOc1cc(-n2ncc3cc(Cl)c(Br)cc32)cc(F)c1F. The molecular formula is C15H10BrClF2N2O2. The van der Waals surface area contributed by atoms with E-state index in [4.69, 9.17) is 21.1 Å². The van der Waals surface area contributed by atoms with Gasteiger partial charge in [0.2, 0.25) is 5.82 Å². The number of halogens is 4. The van der Waals surface area contributed by atoms with Crippen LogP contribution in [0.5, 0.6) is 5.75 Å². The Morgan fingerprint density at radius 3 is 2.78 bits per heavy atom.